The quantitative estimate of drug-likeness (QED) is 0.202. The van der Waals surface area contributed by atoms with Crippen LogP contribution in [0.15, 0.2) is 83.5 Å². The Hall–Kier alpha value is -4.35. The molecule has 1 aromatic heterocycles. The van der Waals surface area contributed by atoms with E-state index in [2.05, 4.69) is 28.0 Å². The zero-order valence-corrected chi connectivity index (χ0v) is 21.1. The van der Waals surface area contributed by atoms with E-state index in [1.165, 1.54) is 5.56 Å². The van der Waals surface area contributed by atoms with Crippen LogP contribution in [0.5, 0.6) is 5.75 Å². The predicted octanol–water partition coefficient (Wildman–Crippen LogP) is 5.45. The molecule has 3 aromatic carbocycles. The van der Waals surface area contributed by atoms with Crippen molar-refractivity contribution in [3.8, 4) is 28.9 Å². The van der Waals surface area contributed by atoms with E-state index in [1.807, 2.05) is 74.5 Å². The van der Waals surface area contributed by atoms with Gasteiger partial charge in [-0.25, -0.2) is 9.67 Å². The van der Waals surface area contributed by atoms with Crippen LogP contribution in [-0.4, -0.2) is 27.8 Å². The van der Waals surface area contributed by atoms with Gasteiger partial charge in [0.2, 0.25) is 0 Å². The molecule has 4 aromatic rings. The summed E-state index contributed by atoms with van der Waals surface area (Å²) >= 11 is 4.47. The van der Waals surface area contributed by atoms with Crippen LogP contribution in [0.2, 0.25) is 0 Å². The van der Waals surface area contributed by atoms with E-state index in [0.29, 0.717) is 22.8 Å². The maximum atomic E-state index is 12.8. The number of methoxy groups -OCH3 is 1. The molecule has 180 valence electrons. The first-order valence-electron chi connectivity index (χ1n) is 11.2. The number of benzene rings is 3. The zero-order valence-electron chi connectivity index (χ0n) is 20.2. The predicted molar refractivity (Wildman–Crippen MR) is 143 cm³/mol. The fraction of sp³-hybridized carbons (Fsp3) is 0.143. The number of amides is 1. The first-order valence-corrected chi connectivity index (χ1v) is 11.7. The van der Waals surface area contributed by atoms with Gasteiger partial charge < -0.3 is 10.1 Å². The van der Waals surface area contributed by atoms with Gasteiger partial charge in [0.25, 0.3) is 5.91 Å². The highest BCUT2D eigenvalue weighted by Crippen LogP contribution is 2.24. The fourth-order valence-electron chi connectivity index (χ4n) is 3.62. The number of carbonyl (C=O) groups is 1. The van der Waals surface area contributed by atoms with Gasteiger partial charge in [0.15, 0.2) is 5.82 Å². The number of aryl methyl sites for hydroxylation is 2. The van der Waals surface area contributed by atoms with E-state index in [1.54, 1.807) is 30.3 Å². The molecule has 0 fully saturated rings. The second-order valence-electron chi connectivity index (χ2n) is 8.28. The van der Waals surface area contributed by atoms with Crippen LogP contribution >= 0.6 is 12.6 Å². The van der Waals surface area contributed by atoms with E-state index in [9.17, 15) is 10.1 Å². The Morgan fingerprint density at radius 3 is 2.44 bits per heavy atom. The van der Waals surface area contributed by atoms with E-state index < -0.39 is 5.91 Å². The van der Waals surface area contributed by atoms with E-state index in [0.717, 1.165) is 28.1 Å². The molecule has 0 aliphatic rings. The molecule has 0 saturated heterocycles. The van der Waals surface area contributed by atoms with Gasteiger partial charge in [-0.05, 0) is 73.5 Å². The Labute approximate surface area is 215 Å². The molecule has 7 nitrogen and oxygen atoms in total. The van der Waals surface area contributed by atoms with Crippen LogP contribution < -0.4 is 10.1 Å². The van der Waals surface area contributed by atoms with Crippen LogP contribution in [-0.2, 0) is 11.2 Å². The topological polar surface area (TPSA) is 92.8 Å². The zero-order chi connectivity index (χ0) is 25.7. The maximum absolute atomic E-state index is 12.8. The molecule has 0 saturated carbocycles. The number of thiol groups is 1. The molecule has 0 unspecified atom stereocenters. The smallest absolute Gasteiger partial charge is 0.267 e. The number of nitriles is 1. The minimum atomic E-state index is -0.511. The molecule has 4 rings (SSSR count). The lowest BCUT2D eigenvalue weighted by molar-refractivity contribution is -0.112. The standard InChI is InChI=1S/C28H25N5O2S/c1-18-4-11-23(12-5-18)33-17-30-27(32-33)20-6-9-22(10-7-20)31-28(34)25(16-29)26(36)15-21-8-13-24(35-3)14-19(21)2/h4-14,17,36H,15H2,1-3H3,(H,31,34)/b26-25-. The molecule has 0 radical (unpaired) electrons. The number of nitrogens with zero attached hydrogens (tertiary/aromatic N) is 4. The van der Waals surface area contributed by atoms with Crippen molar-refractivity contribution in [3.05, 3.63) is 100 Å². The van der Waals surface area contributed by atoms with Crippen molar-refractivity contribution < 1.29 is 9.53 Å². The summed E-state index contributed by atoms with van der Waals surface area (Å²) in [6.07, 6.45) is 2.03. The SMILES string of the molecule is COc1ccc(C/C(S)=C(\C#N)C(=O)Nc2ccc(-c3ncn(-c4ccc(C)cc4)n3)cc2)c(C)c1. The molecule has 0 atom stereocenters. The van der Waals surface area contributed by atoms with Gasteiger partial charge in [0.1, 0.15) is 23.7 Å². The first kappa shape index (κ1) is 24.8. The highest BCUT2D eigenvalue weighted by Gasteiger charge is 2.15. The number of hydrogen-bond acceptors (Lipinski definition) is 6. The largest absolute Gasteiger partial charge is 0.497 e. The van der Waals surface area contributed by atoms with Crippen molar-refractivity contribution in [3.63, 3.8) is 0 Å². The van der Waals surface area contributed by atoms with Crippen LogP contribution in [0.4, 0.5) is 5.69 Å². The second-order valence-corrected chi connectivity index (χ2v) is 8.82. The summed E-state index contributed by atoms with van der Waals surface area (Å²) in [5, 5.41) is 16.9. The van der Waals surface area contributed by atoms with Crippen molar-refractivity contribution in [1.29, 1.82) is 5.26 Å². The Morgan fingerprint density at radius 1 is 1.08 bits per heavy atom. The highest BCUT2D eigenvalue weighted by molar-refractivity contribution is 7.84. The van der Waals surface area contributed by atoms with E-state index in [-0.39, 0.29) is 5.57 Å². The summed E-state index contributed by atoms with van der Waals surface area (Å²) in [6, 6.07) is 22.8. The molecule has 36 heavy (non-hydrogen) atoms. The summed E-state index contributed by atoms with van der Waals surface area (Å²) < 4.78 is 6.95. The van der Waals surface area contributed by atoms with E-state index >= 15 is 0 Å². The normalized spacial score (nSPS) is 11.4. The molecule has 0 aliphatic heterocycles. The van der Waals surface area contributed by atoms with Crippen molar-refractivity contribution in [2.45, 2.75) is 20.3 Å². The number of hydrogen-bond donors (Lipinski definition) is 2. The fourth-order valence-corrected chi connectivity index (χ4v) is 3.94. The first-order chi connectivity index (χ1) is 17.4. The Morgan fingerprint density at radius 2 is 1.81 bits per heavy atom. The number of anilines is 1. The third-order valence-electron chi connectivity index (χ3n) is 5.73. The lowest BCUT2D eigenvalue weighted by atomic mass is 10.0. The van der Waals surface area contributed by atoms with Gasteiger partial charge in [0.05, 0.1) is 12.8 Å². The van der Waals surface area contributed by atoms with Gasteiger partial charge >= 0.3 is 0 Å². The lowest BCUT2D eigenvalue weighted by Crippen LogP contribution is -2.15. The van der Waals surface area contributed by atoms with Gasteiger partial charge in [-0.15, -0.1) is 17.7 Å². The second kappa shape index (κ2) is 10.9. The Kier molecular flexibility index (Phi) is 7.52. The van der Waals surface area contributed by atoms with Crippen LogP contribution in [0.1, 0.15) is 16.7 Å². The van der Waals surface area contributed by atoms with Gasteiger partial charge in [0, 0.05) is 22.6 Å². The molecular formula is C28H25N5O2S. The minimum absolute atomic E-state index is 0.0314. The van der Waals surface area contributed by atoms with Crippen LogP contribution in [0.3, 0.4) is 0 Å². The molecule has 0 spiro atoms. The molecule has 0 bridgehead atoms. The summed E-state index contributed by atoms with van der Waals surface area (Å²) in [5.41, 5.74) is 5.38. The number of allylic oxidation sites excluding steroid dienone is 1. The maximum Gasteiger partial charge on any atom is 0.267 e. The lowest BCUT2D eigenvalue weighted by Gasteiger charge is -2.10. The summed E-state index contributed by atoms with van der Waals surface area (Å²) in [6.45, 7) is 3.98. The van der Waals surface area contributed by atoms with Crippen LogP contribution in [0.25, 0.3) is 17.1 Å². The van der Waals surface area contributed by atoms with Crippen LogP contribution in [0, 0.1) is 25.2 Å². The number of aromatic nitrogens is 3. The third-order valence-corrected chi connectivity index (χ3v) is 6.11. The summed E-state index contributed by atoms with van der Waals surface area (Å²) in [4.78, 5) is 17.6. The number of ether oxygens (including phenoxy) is 1. The average Bonchev–Trinajstić information content (AvgIpc) is 3.37. The molecule has 1 amide bonds. The summed E-state index contributed by atoms with van der Waals surface area (Å²) in [5.74, 6) is 0.807. The Bertz CT molecular complexity index is 1470. The molecule has 1 N–H and O–H groups in total. The van der Waals surface area contributed by atoms with Crippen molar-refractivity contribution in [1.82, 2.24) is 14.8 Å². The average molecular weight is 496 g/mol. The molecule has 0 aliphatic carbocycles. The summed E-state index contributed by atoms with van der Waals surface area (Å²) in [7, 11) is 1.61. The number of rotatable bonds is 7. The third kappa shape index (κ3) is 5.65. The molecule has 1 heterocycles. The monoisotopic (exact) mass is 495 g/mol. The van der Waals surface area contributed by atoms with Crippen molar-refractivity contribution >= 4 is 24.2 Å². The van der Waals surface area contributed by atoms with E-state index in [4.69, 9.17) is 4.74 Å². The Balaban J connectivity index is 1.46. The van der Waals surface area contributed by atoms with Crippen molar-refractivity contribution in [2.24, 2.45) is 0 Å². The number of nitrogens with one attached hydrogen (secondary N) is 1. The highest BCUT2D eigenvalue weighted by atomic mass is 32.1. The van der Waals surface area contributed by atoms with Crippen molar-refractivity contribution in [2.75, 3.05) is 12.4 Å². The molecule has 8 heteroatoms. The van der Waals surface area contributed by atoms with Gasteiger partial charge in [-0.3, -0.25) is 4.79 Å². The van der Waals surface area contributed by atoms with Gasteiger partial charge in [-0.1, -0.05) is 23.8 Å². The minimum Gasteiger partial charge on any atom is -0.497 e. The molecular weight excluding hydrogens is 470 g/mol. The number of carbonyl (C=O) groups excluding carboxylic acids is 1. The van der Waals surface area contributed by atoms with Gasteiger partial charge in [-0.2, -0.15) is 5.26 Å².